The Kier molecular flexibility index (Phi) is 5.74. The maximum atomic E-state index is 12.4. The number of nitrogens with two attached hydrogens (primary N) is 1. The second kappa shape index (κ2) is 6.73. The topological polar surface area (TPSA) is 118 Å². The summed E-state index contributed by atoms with van der Waals surface area (Å²) in [6.45, 7) is 3.69. The minimum absolute atomic E-state index is 0.0787. The van der Waals surface area contributed by atoms with Crippen LogP contribution in [-0.4, -0.2) is 29.1 Å². The van der Waals surface area contributed by atoms with Crippen molar-refractivity contribution in [2.45, 2.75) is 42.5 Å². The van der Waals surface area contributed by atoms with Gasteiger partial charge in [0.15, 0.2) is 9.84 Å². The molecule has 1 aromatic carbocycles. The van der Waals surface area contributed by atoms with Crippen molar-refractivity contribution in [3.63, 3.8) is 0 Å². The van der Waals surface area contributed by atoms with Crippen LogP contribution in [0.2, 0.25) is 0 Å². The average molecular weight is 335 g/mol. The summed E-state index contributed by atoms with van der Waals surface area (Å²) in [4.78, 5) is -0.263. The van der Waals surface area contributed by atoms with Gasteiger partial charge in [0.1, 0.15) is 4.90 Å². The van der Waals surface area contributed by atoms with Crippen LogP contribution in [-0.2, 0) is 19.9 Å². The van der Waals surface area contributed by atoms with E-state index >= 15 is 0 Å². The highest BCUT2D eigenvalue weighted by Crippen LogP contribution is 2.24. The Balaban J connectivity index is 3.32. The molecule has 7 nitrogen and oxygen atoms in total. The third-order valence-corrected chi connectivity index (χ3v) is 5.64. The normalized spacial score (nSPS) is 13.9. The quantitative estimate of drug-likeness (QED) is 0.502. The Morgan fingerprint density at radius 2 is 1.86 bits per heavy atom. The Hall–Kier alpha value is -1.16. The number of sulfonamides is 1. The van der Waals surface area contributed by atoms with Crippen LogP contribution in [0.1, 0.15) is 26.7 Å². The highest BCUT2D eigenvalue weighted by molar-refractivity contribution is 7.91. The van der Waals surface area contributed by atoms with Crippen LogP contribution in [0.4, 0.5) is 5.69 Å². The van der Waals surface area contributed by atoms with Crippen molar-refractivity contribution in [1.29, 1.82) is 0 Å². The van der Waals surface area contributed by atoms with Gasteiger partial charge in [-0.15, -0.1) is 0 Å². The number of hydrazine groups is 1. The zero-order valence-electron chi connectivity index (χ0n) is 12.3. The van der Waals surface area contributed by atoms with Gasteiger partial charge < -0.3 is 5.43 Å². The monoisotopic (exact) mass is 335 g/mol. The molecule has 0 aliphatic heterocycles. The van der Waals surface area contributed by atoms with Gasteiger partial charge in [0.05, 0.1) is 10.6 Å². The molecule has 0 spiro atoms. The zero-order chi connectivity index (χ0) is 16.3. The zero-order valence-corrected chi connectivity index (χ0v) is 13.9. The van der Waals surface area contributed by atoms with Gasteiger partial charge in [0, 0.05) is 12.3 Å². The summed E-state index contributed by atoms with van der Waals surface area (Å²) < 4.78 is 50.4. The van der Waals surface area contributed by atoms with E-state index in [1.165, 1.54) is 12.1 Å². The summed E-state index contributed by atoms with van der Waals surface area (Å²) >= 11 is 0. The Labute approximate surface area is 125 Å². The van der Waals surface area contributed by atoms with Crippen LogP contribution >= 0.6 is 0 Å². The fourth-order valence-electron chi connectivity index (χ4n) is 1.90. The summed E-state index contributed by atoms with van der Waals surface area (Å²) in [5.41, 5.74) is 2.41. The minimum Gasteiger partial charge on any atom is -0.323 e. The van der Waals surface area contributed by atoms with Crippen molar-refractivity contribution >= 4 is 25.5 Å². The molecule has 0 amide bonds. The largest absolute Gasteiger partial charge is 0.323 e. The fourth-order valence-corrected chi connectivity index (χ4v) is 4.09. The summed E-state index contributed by atoms with van der Waals surface area (Å²) in [5, 5.41) is 0. The predicted octanol–water partition coefficient (Wildman–Crippen LogP) is 0.843. The highest BCUT2D eigenvalue weighted by Gasteiger charge is 2.23. The van der Waals surface area contributed by atoms with E-state index in [0.29, 0.717) is 6.42 Å². The van der Waals surface area contributed by atoms with Gasteiger partial charge in [0.25, 0.3) is 0 Å². The number of anilines is 1. The van der Waals surface area contributed by atoms with E-state index < -0.39 is 19.9 Å². The van der Waals surface area contributed by atoms with E-state index in [0.717, 1.165) is 18.7 Å². The molecule has 120 valence electrons. The Morgan fingerprint density at radius 1 is 1.24 bits per heavy atom. The molecule has 0 aromatic heterocycles. The number of benzene rings is 1. The van der Waals surface area contributed by atoms with Gasteiger partial charge in [0.2, 0.25) is 10.0 Å². The van der Waals surface area contributed by atoms with E-state index in [9.17, 15) is 16.8 Å². The fraction of sp³-hybridized carbons (Fsp3) is 0.500. The molecule has 0 fully saturated rings. The number of hydrogen-bond donors (Lipinski definition) is 3. The third kappa shape index (κ3) is 4.67. The minimum atomic E-state index is -3.86. The molecule has 1 atom stereocenters. The summed E-state index contributed by atoms with van der Waals surface area (Å²) in [5.74, 6) is 5.30. The van der Waals surface area contributed by atoms with Crippen molar-refractivity contribution in [2.24, 2.45) is 5.84 Å². The van der Waals surface area contributed by atoms with Crippen LogP contribution in [0.25, 0.3) is 0 Å². The lowest BCUT2D eigenvalue weighted by molar-refractivity contribution is 0.544. The van der Waals surface area contributed by atoms with Crippen LogP contribution in [0.3, 0.4) is 0 Å². The first kappa shape index (κ1) is 17.9. The second-order valence-electron chi connectivity index (χ2n) is 4.89. The van der Waals surface area contributed by atoms with Gasteiger partial charge in [-0.2, -0.15) is 0 Å². The third-order valence-electron chi connectivity index (χ3n) is 2.90. The summed E-state index contributed by atoms with van der Waals surface area (Å²) in [7, 11) is -7.37. The maximum absolute atomic E-state index is 12.4. The number of hydrogen-bond acceptors (Lipinski definition) is 6. The molecule has 0 heterocycles. The number of sulfone groups is 1. The number of nitrogen functional groups attached to an aromatic ring is 1. The number of nitrogens with one attached hydrogen (secondary N) is 2. The van der Waals surface area contributed by atoms with Crippen LogP contribution < -0.4 is 16.0 Å². The lowest BCUT2D eigenvalue weighted by Gasteiger charge is -2.16. The van der Waals surface area contributed by atoms with E-state index in [2.05, 4.69) is 10.1 Å². The lowest BCUT2D eigenvalue weighted by Crippen LogP contribution is -2.33. The molecule has 9 heteroatoms. The molecule has 0 saturated heterocycles. The highest BCUT2D eigenvalue weighted by atomic mass is 32.2. The summed E-state index contributed by atoms with van der Waals surface area (Å²) in [6, 6.07) is 3.48. The SMILES string of the molecule is CCCC(C)NS(=O)(=O)c1cc(S(C)(=O)=O)ccc1NN. The second-order valence-corrected chi connectivity index (χ2v) is 8.58. The van der Waals surface area contributed by atoms with Crippen molar-refractivity contribution in [3.05, 3.63) is 18.2 Å². The summed E-state index contributed by atoms with van der Waals surface area (Å²) in [6.07, 6.45) is 2.52. The molecular formula is C12H21N3O4S2. The van der Waals surface area contributed by atoms with E-state index in [4.69, 9.17) is 5.84 Å². The molecule has 21 heavy (non-hydrogen) atoms. The molecule has 0 bridgehead atoms. The molecule has 0 saturated carbocycles. The number of rotatable bonds is 7. The molecule has 0 aliphatic rings. The molecule has 4 N–H and O–H groups in total. The Bertz CT molecular complexity index is 699. The van der Waals surface area contributed by atoms with Crippen molar-refractivity contribution in [1.82, 2.24) is 4.72 Å². The van der Waals surface area contributed by atoms with Gasteiger partial charge in [-0.05, 0) is 31.5 Å². The van der Waals surface area contributed by atoms with Crippen LogP contribution in [0.5, 0.6) is 0 Å². The molecular weight excluding hydrogens is 314 g/mol. The van der Waals surface area contributed by atoms with Gasteiger partial charge >= 0.3 is 0 Å². The molecule has 0 aliphatic carbocycles. The van der Waals surface area contributed by atoms with E-state index in [1.54, 1.807) is 6.92 Å². The smallest absolute Gasteiger partial charge is 0.242 e. The molecule has 1 rings (SSSR count). The van der Waals surface area contributed by atoms with Crippen LogP contribution in [0, 0.1) is 0 Å². The van der Waals surface area contributed by atoms with Gasteiger partial charge in [-0.3, -0.25) is 5.84 Å². The Morgan fingerprint density at radius 3 is 2.33 bits per heavy atom. The van der Waals surface area contributed by atoms with Crippen molar-refractivity contribution in [3.8, 4) is 0 Å². The van der Waals surface area contributed by atoms with Crippen molar-refractivity contribution in [2.75, 3.05) is 11.7 Å². The first-order valence-electron chi connectivity index (χ1n) is 6.45. The molecule has 0 radical (unpaired) electrons. The lowest BCUT2D eigenvalue weighted by atomic mass is 10.2. The predicted molar refractivity (Wildman–Crippen MR) is 82.1 cm³/mol. The standard InChI is InChI=1S/C12H21N3O4S2/c1-4-5-9(2)15-21(18,19)12-8-10(20(3,16)17)6-7-11(12)14-13/h6-9,14-15H,4-5,13H2,1-3H3. The average Bonchev–Trinajstić information content (AvgIpc) is 2.36. The van der Waals surface area contributed by atoms with Gasteiger partial charge in [-0.25, -0.2) is 21.6 Å². The van der Waals surface area contributed by atoms with E-state index in [-0.39, 0.29) is 21.5 Å². The van der Waals surface area contributed by atoms with E-state index in [1.807, 2.05) is 6.92 Å². The maximum Gasteiger partial charge on any atom is 0.242 e. The van der Waals surface area contributed by atoms with Crippen LogP contribution in [0.15, 0.2) is 28.0 Å². The van der Waals surface area contributed by atoms with Gasteiger partial charge in [-0.1, -0.05) is 13.3 Å². The molecule has 1 aromatic rings. The van der Waals surface area contributed by atoms with Crippen molar-refractivity contribution < 1.29 is 16.8 Å². The first-order valence-corrected chi connectivity index (χ1v) is 9.82. The molecule has 1 unspecified atom stereocenters. The first-order chi connectivity index (χ1) is 9.61.